The molecule has 0 spiro atoms. The van der Waals surface area contributed by atoms with Gasteiger partial charge >= 0.3 is 12.1 Å². The smallest absolute Gasteiger partial charge is 0.418 e. The van der Waals surface area contributed by atoms with Crippen LogP contribution in [0, 0.1) is 0 Å². The van der Waals surface area contributed by atoms with E-state index in [9.17, 15) is 26.7 Å². The molecule has 1 aromatic heterocycles. The molecular formula is C11H11F5N2O2. The molecule has 0 saturated heterocycles. The van der Waals surface area contributed by atoms with Gasteiger partial charge in [0.2, 0.25) is 0 Å². The Bertz CT molecular complexity index is 502. The summed E-state index contributed by atoms with van der Waals surface area (Å²) >= 11 is 0. The summed E-state index contributed by atoms with van der Waals surface area (Å²) < 4.78 is 67.9. The number of aromatic nitrogens is 1. The Labute approximate surface area is 110 Å². The number of nitrogen functional groups attached to an aromatic ring is 1. The van der Waals surface area contributed by atoms with Crippen molar-refractivity contribution >= 4 is 11.8 Å². The quantitative estimate of drug-likeness (QED) is 0.685. The first-order chi connectivity index (χ1) is 9.16. The van der Waals surface area contributed by atoms with Crippen LogP contribution in [0.25, 0.3) is 0 Å². The highest BCUT2D eigenvalue weighted by Gasteiger charge is 2.36. The summed E-state index contributed by atoms with van der Waals surface area (Å²) in [4.78, 5) is 14.5. The van der Waals surface area contributed by atoms with E-state index in [1.165, 1.54) is 6.92 Å². The van der Waals surface area contributed by atoms with Crippen LogP contribution in [0.2, 0.25) is 0 Å². The molecular weight excluding hydrogens is 287 g/mol. The van der Waals surface area contributed by atoms with Crippen molar-refractivity contribution in [2.45, 2.75) is 25.9 Å². The fourth-order valence-corrected chi connectivity index (χ4v) is 1.49. The monoisotopic (exact) mass is 298 g/mol. The van der Waals surface area contributed by atoms with E-state index in [4.69, 9.17) is 5.73 Å². The minimum Gasteiger partial charge on any atom is -0.466 e. The summed E-state index contributed by atoms with van der Waals surface area (Å²) in [6, 6.07) is 0.210. The number of halogens is 5. The molecule has 1 rings (SSSR count). The number of carbonyl (C=O) groups excluding carboxylic acids is 1. The van der Waals surface area contributed by atoms with Gasteiger partial charge < -0.3 is 10.5 Å². The van der Waals surface area contributed by atoms with E-state index in [0.717, 1.165) is 0 Å². The number of alkyl halides is 5. The van der Waals surface area contributed by atoms with Crippen LogP contribution < -0.4 is 5.73 Å². The zero-order chi connectivity index (χ0) is 15.5. The predicted octanol–water partition coefficient (Wildman–Crippen LogP) is 2.73. The number of hydrogen-bond acceptors (Lipinski definition) is 4. The molecule has 0 fully saturated rings. The van der Waals surface area contributed by atoms with Crippen LogP contribution in [-0.2, 0) is 22.1 Å². The summed E-state index contributed by atoms with van der Waals surface area (Å²) in [5.74, 6) is -1.69. The second-order valence-corrected chi connectivity index (χ2v) is 3.74. The molecule has 0 amide bonds. The third-order valence-electron chi connectivity index (χ3n) is 2.32. The van der Waals surface area contributed by atoms with Crippen LogP contribution in [0.4, 0.5) is 27.8 Å². The SMILES string of the molecule is CCOC(=O)Cc1nc(N)c(C(F)F)cc1C(F)(F)F. The van der Waals surface area contributed by atoms with Gasteiger partial charge in [-0.2, -0.15) is 13.2 Å². The van der Waals surface area contributed by atoms with Gasteiger partial charge in [0, 0.05) is 0 Å². The number of pyridine rings is 1. The van der Waals surface area contributed by atoms with Crippen molar-refractivity contribution < 1.29 is 31.5 Å². The van der Waals surface area contributed by atoms with Crippen molar-refractivity contribution in [3.63, 3.8) is 0 Å². The number of esters is 1. The highest BCUT2D eigenvalue weighted by molar-refractivity contribution is 5.72. The van der Waals surface area contributed by atoms with E-state index in [1.807, 2.05) is 0 Å². The number of rotatable bonds is 4. The van der Waals surface area contributed by atoms with Crippen molar-refractivity contribution in [1.29, 1.82) is 0 Å². The average Bonchev–Trinajstić information content (AvgIpc) is 2.26. The molecule has 2 N–H and O–H groups in total. The lowest BCUT2D eigenvalue weighted by molar-refractivity contribution is -0.143. The summed E-state index contributed by atoms with van der Waals surface area (Å²) in [6.45, 7) is 1.45. The lowest BCUT2D eigenvalue weighted by Gasteiger charge is -2.15. The first-order valence-corrected chi connectivity index (χ1v) is 5.47. The molecule has 9 heteroatoms. The van der Waals surface area contributed by atoms with Gasteiger partial charge in [0.25, 0.3) is 6.43 Å². The Morgan fingerprint density at radius 2 is 2.05 bits per heavy atom. The van der Waals surface area contributed by atoms with Crippen molar-refractivity contribution in [2.24, 2.45) is 0 Å². The van der Waals surface area contributed by atoms with Crippen LogP contribution >= 0.6 is 0 Å². The van der Waals surface area contributed by atoms with Gasteiger partial charge in [0.05, 0.1) is 29.8 Å². The fraction of sp³-hybridized carbons (Fsp3) is 0.455. The van der Waals surface area contributed by atoms with Crippen LogP contribution in [-0.4, -0.2) is 17.6 Å². The molecule has 0 aliphatic carbocycles. The van der Waals surface area contributed by atoms with E-state index in [-0.39, 0.29) is 12.7 Å². The van der Waals surface area contributed by atoms with E-state index in [0.29, 0.717) is 0 Å². The van der Waals surface area contributed by atoms with Gasteiger partial charge in [0.15, 0.2) is 0 Å². The number of nitrogens with two attached hydrogens (primary N) is 1. The maximum Gasteiger partial charge on any atom is 0.418 e. The lowest BCUT2D eigenvalue weighted by atomic mass is 10.1. The predicted molar refractivity (Wildman–Crippen MR) is 58.9 cm³/mol. The second kappa shape index (κ2) is 6.02. The van der Waals surface area contributed by atoms with Crippen molar-refractivity contribution in [2.75, 3.05) is 12.3 Å². The molecule has 0 aliphatic rings. The molecule has 0 atom stereocenters. The average molecular weight is 298 g/mol. The van der Waals surface area contributed by atoms with E-state index < -0.39 is 47.6 Å². The maximum atomic E-state index is 12.8. The summed E-state index contributed by atoms with van der Waals surface area (Å²) in [7, 11) is 0. The summed E-state index contributed by atoms with van der Waals surface area (Å²) in [5.41, 5.74) is 1.99. The number of nitrogens with zero attached hydrogens (tertiary/aromatic N) is 1. The Morgan fingerprint density at radius 3 is 2.50 bits per heavy atom. The zero-order valence-corrected chi connectivity index (χ0v) is 10.3. The van der Waals surface area contributed by atoms with Gasteiger partial charge in [0.1, 0.15) is 5.82 Å². The number of carbonyl (C=O) groups is 1. The molecule has 0 aliphatic heterocycles. The molecule has 0 radical (unpaired) electrons. The number of anilines is 1. The fourth-order valence-electron chi connectivity index (χ4n) is 1.49. The molecule has 4 nitrogen and oxygen atoms in total. The molecule has 1 aromatic rings. The van der Waals surface area contributed by atoms with Crippen molar-refractivity contribution in [3.8, 4) is 0 Å². The Balaban J connectivity index is 3.28. The summed E-state index contributed by atoms with van der Waals surface area (Å²) in [5, 5.41) is 0. The largest absolute Gasteiger partial charge is 0.466 e. The minimum atomic E-state index is -4.92. The van der Waals surface area contributed by atoms with Crippen molar-refractivity contribution in [3.05, 3.63) is 22.9 Å². The zero-order valence-electron chi connectivity index (χ0n) is 10.3. The molecule has 112 valence electrons. The van der Waals surface area contributed by atoms with Gasteiger partial charge in [-0.1, -0.05) is 0 Å². The van der Waals surface area contributed by atoms with Crippen LogP contribution in [0.3, 0.4) is 0 Å². The van der Waals surface area contributed by atoms with Crippen molar-refractivity contribution in [1.82, 2.24) is 4.98 Å². The topological polar surface area (TPSA) is 65.2 Å². The molecule has 1 heterocycles. The highest BCUT2D eigenvalue weighted by atomic mass is 19.4. The Morgan fingerprint density at radius 1 is 1.45 bits per heavy atom. The normalized spacial score (nSPS) is 11.8. The number of hydrogen-bond donors (Lipinski definition) is 1. The highest BCUT2D eigenvalue weighted by Crippen LogP contribution is 2.36. The summed E-state index contributed by atoms with van der Waals surface area (Å²) in [6.07, 6.45) is -8.91. The van der Waals surface area contributed by atoms with E-state index in [1.54, 1.807) is 0 Å². The third kappa shape index (κ3) is 3.78. The standard InChI is InChI=1S/C11H11F5N2O2/c1-2-20-8(19)4-7-6(11(14,15)16)3-5(9(12)13)10(17)18-7/h3,9H,2,4H2,1H3,(H2,17,18). The van der Waals surface area contributed by atoms with E-state index in [2.05, 4.69) is 9.72 Å². The minimum absolute atomic E-state index is 0.0230. The third-order valence-corrected chi connectivity index (χ3v) is 2.32. The Hall–Kier alpha value is -1.93. The lowest BCUT2D eigenvalue weighted by Crippen LogP contribution is -2.18. The van der Waals surface area contributed by atoms with Gasteiger partial charge in [-0.15, -0.1) is 0 Å². The van der Waals surface area contributed by atoms with Gasteiger partial charge in [-0.05, 0) is 13.0 Å². The molecule has 20 heavy (non-hydrogen) atoms. The van der Waals surface area contributed by atoms with Gasteiger partial charge in [-0.3, -0.25) is 4.79 Å². The van der Waals surface area contributed by atoms with E-state index >= 15 is 0 Å². The molecule has 0 bridgehead atoms. The first kappa shape index (κ1) is 16.1. The van der Waals surface area contributed by atoms with Crippen LogP contribution in [0.1, 0.15) is 30.2 Å². The second-order valence-electron chi connectivity index (χ2n) is 3.74. The maximum absolute atomic E-state index is 12.8. The van der Waals surface area contributed by atoms with Gasteiger partial charge in [-0.25, -0.2) is 13.8 Å². The molecule has 0 aromatic carbocycles. The molecule has 0 unspecified atom stereocenters. The first-order valence-electron chi connectivity index (χ1n) is 5.47. The molecule has 0 saturated carbocycles. The van der Waals surface area contributed by atoms with Crippen LogP contribution in [0.5, 0.6) is 0 Å². The van der Waals surface area contributed by atoms with Crippen LogP contribution in [0.15, 0.2) is 6.07 Å². The Kier molecular flexibility index (Phi) is 4.85. The number of ether oxygens (including phenoxy) is 1.